The number of hydrogen-bond donors (Lipinski definition) is 2. The third kappa shape index (κ3) is 4.57. The maximum absolute atomic E-state index is 11.5. The number of furan rings is 1. The summed E-state index contributed by atoms with van der Waals surface area (Å²) in [5.41, 5.74) is 5.75. The van der Waals surface area contributed by atoms with Gasteiger partial charge in [0.25, 0.3) is 0 Å². The van der Waals surface area contributed by atoms with Crippen molar-refractivity contribution in [2.75, 3.05) is 13.7 Å². The van der Waals surface area contributed by atoms with E-state index < -0.39 is 5.97 Å². The summed E-state index contributed by atoms with van der Waals surface area (Å²) in [6.07, 6.45) is 0. The summed E-state index contributed by atoms with van der Waals surface area (Å²) in [7, 11) is 1.30. The quantitative estimate of drug-likeness (QED) is 0.789. The van der Waals surface area contributed by atoms with Gasteiger partial charge in [-0.1, -0.05) is 6.92 Å². The van der Waals surface area contributed by atoms with Crippen molar-refractivity contribution in [2.24, 2.45) is 11.7 Å². The fourth-order valence-electron chi connectivity index (χ4n) is 1.40. The molecule has 1 unspecified atom stereocenters. The summed E-state index contributed by atoms with van der Waals surface area (Å²) in [6, 6.07) is 1.56. The number of methoxy groups -OCH3 is 1. The SMILES string of the molecule is COC(=O)c1cc(CNC(=O)C(C)CN)oc1C.Cl. The van der Waals surface area contributed by atoms with Crippen LogP contribution in [0, 0.1) is 12.8 Å². The highest BCUT2D eigenvalue weighted by molar-refractivity contribution is 5.90. The number of aryl methyl sites for hydroxylation is 1. The summed E-state index contributed by atoms with van der Waals surface area (Å²) in [5.74, 6) is 0.125. The predicted molar refractivity (Wildman–Crippen MR) is 72.1 cm³/mol. The zero-order chi connectivity index (χ0) is 13.7. The highest BCUT2D eigenvalue weighted by Gasteiger charge is 2.16. The fourth-order valence-corrected chi connectivity index (χ4v) is 1.40. The smallest absolute Gasteiger partial charge is 0.341 e. The number of carbonyl (C=O) groups excluding carboxylic acids is 2. The average Bonchev–Trinajstić information content (AvgIpc) is 2.75. The molecule has 0 radical (unpaired) electrons. The average molecular weight is 291 g/mol. The van der Waals surface area contributed by atoms with Crippen LogP contribution in [0.4, 0.5) is 0 Å². The van der Waals surface area contributed by atoms with Gasteiger partial charge in [-0.25, -0.2) is 4.79 Å². The molecule has 108 valence electrons. The van der Waals surface area contributed by atoms with Crippen molar-refractivity contribution in [2.45, 2.75) is 20.4 Å². The van der Waals surface area contributed by atoms with Crippen LogP contribution < -0.4 is 11.1 Å². The summed E-state index contributed by atoms with van der Waals surface area (Å²) in [6.45, 7) is 3.92. The van der Waals surface area contributed by atoms with Gasteiger partial charge in [0, 0.05) is 12.5 Å². The Hall–Kier alpha value is -1.53. The molecule has 0 fully saturated rings. The van der Waals surface area contributed by atoms with Gasteiger partial charge >= 0.3 is 5.97 Å². The number of esters is 1. The van der Waals surface area contributed by atoms with Gasteiger partial charge in [0.2, 0.25) is 5.91 Å². The summed E-state index contributed by atoms with van der Waals surface area (Å²) >= 11 is 0. The molecule has 0 aliphatic rings. The van der Waals surface area contributed by atoms with Crippen LogP contribution in [0.5, 0.6) is 0 Å². The molecule has 0 aliphatic heterocycles. The maximum atomic E-state index is 11.5. The summed E-state index contributed by atoms with van der Waals surface area (Å²) < 4.78 is 9.96. The van der Waals surface area contributed by atoms with Gasteiger partial charge in [0.1, 0.15) is 17.1 Å². The van der Waals surface area contributed by atoms with Gasteiger partial charge in [-0.15, -0.1) is 12.4 Å². The second-order valence-electron chi connectivity index (χ2n) is 4.03. The minimum absolute atomic E-state index is 0. The van der Waals surface area contributed by atoms with E-state index >= 15 is 0 Å². The van der Waals surface area contributed by atoms with Crippen LogP contribution >= 0.6 is 12.4 Å². The molecule has 1 amide bonds. The van der Waals surface area contributed by atoms with E-state index in [-0.39, 0.29) is 37.3 Å². The topological polar surface area (TPSA) is 94.6 Å². The number of halogens is 1. The molecule has 1 rings (SSSR count). The van der Waals surface area contributed by atoms with E-state index in [0.29, 0.717) is 17.1 Å². The molecule has 7 heteroatoms. The van der Waals surface area contributed by atoms with Gasteiger partial charge in [-0.3, -0.25) is 4.79 Å². The number of hydrogen-bond acceptors (Lipinski definition) is 5. The second-order valence-corrected chi connectivity index (χ2v) is 4.03. The van der Waals surface area contributed by atoms with Gasteiger partial charge in [-0.05, 0) is 13.0 Å². The third-order valence-corrected chi connectivity index (χ3v) is 2.61. The van der Waals surface area contributed by atoms with E-state index in [4.69, 9.17) is 10.2 Å². The first kappa shape index (κ1) is 17.5. The van der Waals surface area contributed by atoms with E-state index in [2.05, 4.69) is 10.1 Å². The van der Waals surface area contributed by atoms with Gasteiger partial charge in [-0.2, -0.15) is 0 Å². The van der Waals surface area contributed by atoms with Crippen LogP contribution in [0.3, 0.4) is 0 Å². The molecule has 19 heavy (non-hydrogen) atoms. The number of rotatable bonds is 5. The number of amides is 1. The molecule has 1 aromatic rings. The minimum atomic E-state index is -0.454. The van der Waals surface area contributed by atoms with E-state index in [1.807, 2.05) is 0 Å². The number of nitrogens with one attached hydrogen (secondary N) is 1. The number of nitrogens with two attached hydrogens (primary N) is 1. The molecule has 1 aromatic heterocycles. The van der Waals surface area contributed by atoms with E-state index in [1.165, 1.54) is 7.11 Å². The van der Waals surface area contributed by atoms with Gasteiger partial charge in [0.05, 0.1) is 13.7 Å². The van der Waals surface area contributed by atoms with Crippen molar-refractivity contribution in [1.29, 1.82) is 0 Å². The zero-order valence-electron chi connectivity index (χ0n) is 11.2. The Morgan fingerprint density at radius 2 is 2.16 bits per heavy atom. The van der Waals surface area contributed by atoms with Crippen LogP contribution in [0.2, 0.25) is 0 Å². The first-order valence-corrected chi connectivity index (χ1v) is 5.65. The zero-order valence-corrected chi connectivity index (χ0v) is 12.0. The third-order valence-electron chi connectivity index (χ3n) is 2.61. The first-order chi connectivity index (χ1) is 8.49. The normalized spacial score (nSPS) is 11.4. The van der Waals surface area contributed by atoms with Crippen molar-refractivity contribution in [3.8, 4) is 0 Å². The van der Waals surface area contributed by atoms with Crippen LogP contribution in [0.25, 0.3) is 0 Å². The Bertz CT molecular complexity index is 445. The van der Waals surface area contributed by atoms with Gasteiger partial charge in [0.15, 0.2) is 0 Å². The molecule has 3 N–H and O–H groups in total. The lowest BCUT2D eigenvalue weighted by Gasteiger charge is -2.08. The van der Waals surface area contributed by atoms with Crippen molar-refractivity contribution in [3.63, 3.8) is 0 Å². The van der Waals surface area contributed by atoms with Crippen molar-refractivity contribution in [3.05, 3.63) is 23.2 Å². The Morgan fingerprint density at radius 1 is 1.53 bits per heavy atom. The second kappa shape index (κ2) is 7.81. The molecule has 1 heterocycles. The van der Waals surface area contributed by atoms with Crippen molar-refractivity contribution >= 4 is 24.3 Å². The highest BCUT2D eigenvalue weighted by Crippen LogP contribution is 2.15. The summed E-state index contributed by atoms with van der Waals surface area (Å²) in [5, 5.41) is 2.68. The monoisotopic (exact) mass is 290 g/mol. The van der Waals surface area contributed by atoms with Crippen LogP contribution in [0.15, 0.2) is 10.5 Å². The Labute approximate surface area is 118 Å². The lowest BCUT2D eigenvalue weighted by atomic mass is 10.1. The molecule has 0 saturated carbocycles. The largest absolute Gasteiger partial charge is 0.465 e. The standard InChI is InChI=1S/C12H18N2O4.ClH/c1-7(5-13)11(15)14-6-9-4-10(8(2)18-9)12(16)17-3;/h4,7H,5-6,13H2,1-3H3,(H,14,15);1H. The van der Waals surface area contributed by atoms with Crippen LogP contribution in [-0.4, -0.2) is 25.5 Å². The predicted octanol–water partition coefficient (Wildman–Crippen LogP) is 1.01. The molecule has 1 atom stereocenters. The van der Waals surface area contributed by atoms with Crippen LogP contribution in [0.1, 0.15) is 28.8 Å². The molecule has 0 bridgehead atoms. The highest BCUT2D eigenvalue weighted by atomic mass is 35.5. The maximum Gasteiger partial charge on any atom is 0.341 e. The lowest BCUT2D eigenvalue weighted by molar-refractivity contribution is -0.124. The molecule has 0 aliphatic carbocycles. The van der Waals surface area contributed by atoms with Crippen molar-refractivity contribution < 1.29 is 18.7 Å². The fraction of sp³-hybridized carbons (Fsp3) is 0.500. The molecule has 6 nitrogen and oxygen atoms in total. The van der Waals surface area contributed by atoms with Crippen LogP contribution in [-0.2, 0) is 16.1 Å². The minimum Gasteiger partial charge on any atom is -0.465 e. The molecular formula is C12H19ClN2O4. The molecule has 0 saturated heterocycles. The molecular weight excluding hydrogens is 272 g/mol. The molecule has 0 spiro atoms. The van der Waals surface area contributed by atoms with E-state index in [1.54, 1.807) is 19.9 Å². The van der Waals surface area contributed by atoms with Gasteiger partial charge < -0.3 is 20.2 Å². The Balaban J connectivity index is 0.00000324. The Kier molecular flexibility index (Phi) is 7.18. The lowest BCUT2D eigenvalue weighted by Crippen LogP contribution is -2.32. The van der Waals surface area contributed by atoms with E-state index in [0.717, 1.165) is 0 Å². The molecule has 0 aromatic carbocycles. The summed E-state index contributed by atoms with van der Waals surface area (Å²) in [4.78, 5) is 22.9. The first-order valence-electron chi connectivity index (χ1n) is 5.65. The van der Waals surface area contributed by atoms with Crippen molar-refractivity contribution in [1.82, 2.24) is 5.32 Å². The van der Waals surface area contributed by atoms with E-state index in [9.17, 15) is 9.59 Å². The Morgan fingerprint density at radius 3 is 2.68 bits per heavy atom. The number of carbonyl (C=O) groups is 2. The number of ether oxygens (including phenoxy) is 1.